The van der Waals surface area contributed by atoms with E-state index in [-0.39, 0.29) is 34.9 Å². The van der Waals surface area contributed by atoms with Crippen LogP contribution >= 0.6 is 0 Å². The van der Waals surface area contributed by atoms with E-state index in [1.54, 1.807) is 24.7 Å². The van der Waals surface area contributed by atoms with E-state index in [4.69, 9.17) is 9.47 Å². The van der Waals surface area contributed by atoms with E-state index < -0.39 is 23.7 Å². The smallest absolute Gasteiger partial charge is 0.381 e. The maximum Gasteiger partial charge on any atom is 0.416 e. The number of nitrogens with zero attached hydrogens (tertiary/aromatic N) is 2. The normalized spacial score (nSPS) is 21.9. The number of methoxy groups -OCH3 is 1. The van der Waals surface area contributed by atoms with Crippen molar-refractivity contribution >= 4 is 11.7 Å². The van der Waals surface area contributed by atoms with Crippen molar-refractivity contribution in [3.05, 3.63) is 62.9 Å². The molecule has 0 radical (unpaired) electrons. The van der Waals surface area contributed by atoms with Gasteiger partial charge in [-0.2, -0.15) is 13.2 Å². The predicted molar refractivity (Wildman–Crippen MR) is 142 cm³/mol. The van der Waals surface area contributed by atoms with Crippen molar-refractivity contribution in [1.82, 2.24) is 14.8 Å². The number of pyridine rings is 1. The van der Waals surface area contributed by atoms with Crippen LogP contribution in [-0.2, 0) is 15.7 Å². The third-order valence-electron chi connectivity index (χ3n) is 7.81. The summed E-state index contributed by atoms with van der Waals surface area (Å²) in [6.45, 7) is 5.58. The first-order chi connectivity index (χ1) is 18.5. The van der Waals surface area contributed by atoms with Gasteiger partial charge in [0.15, 0.2) is 0 Å². The minimum absolute atomic E-state index is 0.0672. The molecule has 0 spiro atoms. The van der Waals surface area contributed by atoms with Crippen molar-refractivity contribution in [2.24, 2.45) is 0 Å². The molecular formula is C28H37F3N4O4. The third-order valence-corrected chi connectivity index (χ3v) is 7.81. The molecule has 3 atom stereocenters. The highest BCUT2D eigenvalue weighted by atomic mass is 19.4. The number of piperidine rings is 1. The topological polar surface area (TPSA) is 84.8 Å². The molecule has 2 fully saturated rings. The molecular weight excluding hydrogens is 513 g/mol. The number of anilines is 1. The number of halogens is 3. The number of carbonyl (C=O) groups excluding carboxylic acids is 1. The molecule has 2 saturated heterocycles. The second-order valence-electron chi connectivity index (χ2n) is 10.4. The number of ether oxygens (including phenoxy) is 2. The summed E-state index contributed by atoms with van der Waals surface area (Å²) < 4.78 is 53.3. The van der Waals surface area contributed by atoms with E-state index in [9.17, 15) is 22.8 Å². The Morgan fingerprint density at radius 1 is 1.15 bits per heavy atom. The fourth-order valence-corrected chi connectivity index (χ4v) is 5.62. The van der Waals surface area contributed by atoms with Gasteiger partial charge in [0, 0.05) is 39.0 Å². The van der Waals surface area contributed by atoms with Gasteiger partial charge in [-0.05, 0) is 70.0 Å². The van der Waals surface area contributed by atoms with Gasteiger partial charge in [0.25, 0.3) is 11.5 Å². The number of carbonyl (C=O) groups is 1. The van der Waals surface area contributed by atoms with Crippen molar-refractivity contribution in [1.29, 1.82) is 0 Å². The summed E-state index contributed by atoms with van der Waals surface area (Å²) in [7, 11) is 3.65. The van der Waals surface area contributed by atoms with E-state index in [1.807, 2.05) is 7.05 Å². The first-order valence-electron chi connectivity index (χ1n) is 13.3. The lowest BCUT2D eigenvalue weighted by atomic mass is 9.97. The average Bonchev–Trinajstić information content (AvgIpc) is 2.89. The van der Waals surface area contributed by atoms with Crippen LogP contribution in [0.2, 0.25) is 0 Å². The number of nitrogens with one attached hydrogen (secondary N) is 2. The summed E-state index contributed by atoms with van der Waals surface area (Å²) in [5.74, 6) is -0.0824. The molecule has 2 aromatic rings. The van der Waals surface area contributed by atoms with Crippen LogP contribution in [-0.4, -0.2) is 68.0 Å². The molecule has 11 heteroatoms. The van der Waals surface area contributed by atoms with Crippen LogP contribution < -0.4 is 16.2 Å². The predicted octanol–water partition coefficient (Wildman–Crippen LogP) is 4.15. The molecule has 1 aromatic heterocycles. The minimum atomic E-state index is -4.49. The summed E-state index contributed by atoms with van der Waals surface area (Å²) >= 11 is 0. The van der Waals surface area contributed by atoms with Gasteiger partial charge in [-0.1, -0.05) is 12.1 Å². The zero-order valence-electron chi connectivity index (χ0n) is 22.8. The molecule has 2 aliphatic rings. The van der Waals surface area contributed by atoms with Crippen LogP contribution in [0.1, 0.15) is 65.3 Å². The molecule has 3 heterocycles. The highest BCUT2D eigenvalue weighted by Gasteiger charge is 2.34. The number of aromatic nitrogens is 1. The highest BCUT2D eigenvalue weighted by Crippen LogP contribution is 2.35. The van der Waals surface area contributed by atoms with Crippen LogP contribution in [0.15, 0.2) is 35.1 Å². The van der Waals surface area contributed by atoms with Crippen molar-refractivity contribution in [2.75, 3.05) is 45.8 Å². The van der Waals surface area contributed by atoms with Crippen LogP contribution in [0.4, 0.5) is 19.0 Å². The average molecular weight is 551 g/mol. The molecule has 2 aliphatic heterocycles. The van der Waals surface area contributed by atoms with Gasteiger partial charge in [0.2, 0.25) is 0 Å². The van der Waals surface area contributed by atoms with Gasteiger partial charge in [-0.25, -0.2) is 0 Å². The van der Waals surface area contributed by atoms with E-state index in [0.717, 1.165) is 19.0 Å². The van der Waals surface area contributed by atoms with Crippen molar-refractivity contribution in [3.8, 4) is 0 Å². The summed E-state index contributed by atoms with van der Waals surface area (Å²) in [5.41, 5.74) is -0.266. The molecule has 1 aromatic carbocycles. The van der Waals surface area contributed by atoms with E-state index >= 15 is 0 Å². The Kier molecular flexibility index (Phi) is 9.03. The zero-order chi connectivity index (χ0) is 28.3. The molecule has 0 aliphatic carbocycles. The molecule has 214 valence electrons. The zero-order valence-corrected chi connectivity index (χ0v) is 22.8. The number of likely N-dealkylation sites (N-methyl/N-ethyl adjacent to an activating group) is 1. The number of benzene rings is 1. The maximum absolute atomic E-state index is 13.7. The molecule has 39 heavy (non-hydrogen) atoms. The number of alkyl halides is 3. The molecule has 0 saturated carbocycles. The number of likely N-dealkylation sites (tertiary alicyclic amines) is 1. The van der Waals surface area contributed by atoms with Gasteiger partial charge < -0.3 is 25.0 Å². The fraction of sp³-hybridized carbons (Fsp3) is 0.571. The molecule has 0 bridgehead atoms. The molecule has 8 nitrogen and oxygen atoms in total. The van der Waals surface area contributed by atoms with Gasteiger partial charge >= 0.3 is 6.18 Å². The lowest BCUT2D eigenvalue weighted by Gasteiger charge is -2.38. The molecule has 1 unspecified atom stereocenters. The first-order valence-corrected chi connectivity index (χ1v) is 13.3. The van der Waals surface area contributed by atoms with Crippen LogP contribution in [0.3, 0.4) is 0 Å². The van der Waals surface area contributed by atoms with Gasteiger partial charge in [-0.15, -0.1) is 0 Å². The van der Waals surface area contributed by atoms with E-state index in [0.29, 0.717) is 44.0 Å². The number of amides is 1. The second kappa shape index (κ2) is 12.1. The van der Waals surface area contributed by atoms with Crippen LogP contribution in [0.5, 0.6) is 0 Å². The van der Waals surface area contributed by atoms with Gasteiger partial charge in [-0.3, -0.25) is 14.2 Å². The van der Waals surface area contributed by atoms with Gasteiger partial charge in [0.1, 0.15) is 5.82 Å². The highest BCUT2D eigenvalue weighted by molar-refractivity contribution is 5.99. The van der Waals surface area contributed by atoms with Crippen molar-refractivity contribution in [2.45, 2.75) is 63.5 Å². The Hall–Kier alpha value is -2.89. The SMILES string of the molecule is CO[C@H]1CN(C)CC[C@@H]1Nc1c(C(=O)NC(C)c2cccc(C(F)(F)F)c2C)ccc(=O)n1C1CCOCC1. The molecule has 2 N–H and O–H groups in total. The third kappa shape index (κ3) is 6.47. The second-order valence-corrected chi connectivity index (χ2v) is 10.4. The summed E-state index contributed by atoms with van der Waals surface area (Å²) in [6.07, 6.45) is -2.66. The number of hydrogen-bond donors (Lipinski definition) is 2. The largest absolute Gasteiger partial charge is 0.416 e. The lowest BCUT2D eigenvalue weighted by Crippen LogP contribution is -2.50. The minimum Gasteiger partial charge on any atom is -0.381 e. The maximum atomic E-state index is 13.7. The first kappa shape index (κ1) is 29.1. The van der Waals surface area contributed by atoms with Crippen LogP contribution in [0.25, 0.3) is 0 Å². The van der Waals surface area contributed by atoms with Gasteiger partial charge in [0.05, 0.1) is 29.3 Å². The lowest BCUT2D eigenvalue weighted by molar-refractivity contribution is -0.138. The van der Waals surface area contributed by atoms with Crippen LogP contribution in [0, 0.1) is 6.92 Å². The summed E-state index contributed by atoms with van der Waals surface area (Å²) in [4.78, 5) is 29.0. The van der Waals surface area contributed by atoms with E-state index in [1.165, 1.54) is 25.1 Å². The molecule has 1 amide bonds. The van der Waals surface area contributed by atoms with E-state index in [2.05, 4.69) is 15.5 Å². The van der Waals surface area contributed by atoms with Crippen molar-refractivity contribution in [3.63, 3.8) is 0 Å². The summed E-state index contributed by atoms with van der Waals surface area (Å²) in [6, 6.07) is 5.82. The Balaban J connectivity index is 1.70. The van der Waals surface area contributed by atoms with Crippen molar-refractivity contribution < 1.29 is 27.4 Å². The number of hydrogen-bond acceptors (Lipinski definition) is 6. The number of rotatable bonds is 7. The molecule has 4 rings (SSSR count). The Morgan fingerprint density at radius 3 is 2.54 bits per heavy atom. The Bertz CT molecular complexity index is 1230. The standard InChI is InChI=1S/C28H37F3N4O4/c1-17-20(6-5-7-22(17)28(29,30)31)18(2)32-27(37)21-8-9-25(36)35(19-11-14-39-15-12-19)26(21)33-23-10-13-34(3)16-24(23)38-4/h5-9,18-19,23-24,33H,10-16H2,1-4H3,(H,32,37)/t18?,23-,24-/m0/s1. The Labute approximate surface area is 226 Å². The summed E-state index contributed by atoms with van der Waals surface area (Å²) in [5, 5.41) is 6.34. The monoisotopic (exact) mass is 550 g/mol. The quantitative estimate of drug-likeness (QED) is 0.539. The fourth-order valence-electron chi connectivity index (χ4n) is 5.62. The Morgan fingerprint density at radius 2 is 1.87 bits per heavy atom.